The van der Waals surface area contributed by atoms with Gasteiger partial charge in [0, 0.05) is 17.5 Å². The van der Waals surface area contributed by atoms with Gasteiger partial charge in [-0.3, -0.25) is 9.59 Å². The van der Waals surface area contributed by atoms with Gasteiger partial charge in [-0.15, -0.1) is 0 Å². The molecule has 0 radical (unpaired) electrons. The van der Waals surface area contributed by atoms with Crippen LogP contribution in [0, 0.1) is 6.92 Å². The lowest BCUT2D eigenvalue weighted by molar-refractivity contribution is -0.112. The summed E-state index contributed by atoms with van der Waals surface area (Å²) in [5.74, 6) is -1.41. The van der Waals surface area contributed by atoms with E-state index in [0.29, 0.717) is 11.3 Å². The predicted octanol–water partition coefficient (Wildman–Crippen LogP) is 2.22. The molecule has 0 atom stereocenters. The molecule has 0 bridgehead atoms. The fourth-order valence-electron chi connectivity index (χ4n) is 1.81. The highest BCUT2D eigenvalue weighted by molar-refractivity contribution is 7.90. The van der Waals surface area contributed by atoms with Crippen molar-refractivity contribution in [1.82, 2.24) is 0 Å². The number of amides is 1. The van der Waals surface area contributed by atoms with Gasteiger partial charge >= 0.3 is 0 Å². The molecule has 0 saturated heterocycles. The van der Waals surface area contributed by atoms with Gasteiger partial charge in [0.25, 0.3) is 11.7 Å². The molecule has 0 unspecified atom stereocenters. The summed E-state index contributed by atoms with van der Waals surface area (Å²) < 4.78 is 22.7. The lowest BCUT2D eigenvalue weighted by Gasteiger charge is -2.06. The summed E-state index contributed by atoms with van der Waals surface area (Å²) in [6.07, 6.45) is 1.10. The summed E-state index contributed by atoms with van der Waals surface area (Å²) in [6, 6.07) is 12.3. The number of rotatable bonds is 4. The van der Waals surface area contributed by atoms with E-state index in [-0.39, 0.29) is 4.90 Å². The highest BCUT2D eigenvalue weighted by Crippen LogP contribution is 2.14. The van der Waals surface area contributed by atoms with Crippen LogP contribution in [-0.2, 0) is 14.6 Å². The number of carbonyl (C=O) groups excluding carboxylic acids is 2. The first kappa shape index (κ1) is 15.9. The molecule has 0 aromatic heterocycles. The molecule has 1 amide bonds. The average molecular weight is 317 g/mol. The minimum Gasteiger partial charge on any atom is -0.319 e. The average Bonchev–Trinajstić information content (AvgIpc) is 2.47. The van der Waals surface area contributed by atoms with Crippen molar-refractivity contribution < 1.29 is 18.0 Å². The van der Waals surface area contributed by atoms with E-state index in [2.05, 4.69) is 5.32 Å². The molecule has 0 aliphatic rings. The number of aryl methyl sites for hydroxylation is 1. The zero-order valence-electron chi connectivity index (χ0n) is 12.2. The summed E-state index contributed by atoms with van der Waals surface area (Å²) in [5.41, 5.74) is 1.65. The maximum absolute atomic E-state index is 12.0. The summed E-state index contributed by atoms with van der Waals surface area (Å²) in [5, 5.41) is 2.45. The Hall–Kier alpha value is -2.47. The molecular formula is C16H15NO4S. The van der Waals surface area contributed by atoms with Crippen molar-refractivity contribution in [2.24, 2.45) is 0 Å². The van der Waals surface area contributed by atoms with Crippen LogP contribution in [0.3, 0.4) is 0 Å². The van der Waals surface area contributed by atoms with Crippen LogP contribution in [0.15, 0.2) is 53.4 Å². The molecule has 2 rings (SSSR count). The second kappa shape index (κ2) is 6.11. The topological polar surface area (TPSA) is 80.3 Å². The maximum Gasteiger partial charge on any atom is 0.296 e. The molecule has 5 nitrogen and oxygen atoms in total. The second-order valence-electron chi connectivity index (χ2n) is 4.95. The van der Waals surface area contributed by atoms with E-state index in [4.69, 9.17) is 0 Å². The zero-order chi connectivity index (χ0) is 16.3. The monoisotopic (exact) mass is 317 g/mol. The minimum atomic E-state index is -3.29. The van der Waals surface area contributed by atoms with E-state index in [1.165, 1.54) is 24.3 Å². The lowest BCUT2D eigenvalue weighted by Crippen LogP contribution is -2.22. The van der Waals surface area contributed by atoms with Crippen molar-refractivity contribution in [2.75, 3.05) is 11.6 Å². The summed E-state index contributed by atoms with van der Waals surface area (Å²) >= 11 is 0. The van der Waals surface area contributed by atoms with Crippen LogP contribution in [0.5, 0.6) is 0 Å². The number of hydrogen-bond acceptors (Lipinski definition) is 4. The summed E-state index contributed by atoms with van der Waals surface area (Å²) in [7, 11) is -3.29. The Kier molecular flexibility index (Phi) is 4.42. The van der Waals surface area contributed by atoms with E-state index in [1.54, 1.807) is 24.3 Å². The van der Waals surface area contributed by atoms with Gasteiger partial charge in [-0.25, -0.2) is 8.42 Å². The molecule has 114 valence electrons. The first-order chi connectivity index (χ1) is 10.3. The number of Topliss-reactive ketones (excluding diaryl/α,β-unsaturated/α-hetero) is 1. The van der Waals surface area contributed by atoms with Crippen molar-refractivity contribution in [3.05, 3.63) is 59.7 Å². The first-order valence-electron chi connectivity index (χ1n) is 6.50. The van der Waals surface area contributed by atoms with Gasteiger partial charge in [-0.05, 0) is 31.2 Å². The zero-order valence-corrected chi connectivity index (χ0v) is 13.0. The lowest BCUT2D eigenvalue weighted by atomic mass is 10.1. The second-order valence-corrected chi connectivity index (χ2v) is 6.96. The van der Waals surface area contributed by atoms with Crippen LogP contribution < -0.4 is 5.32 Å². The van der Waals surface area contributed by atoms with Gasteiger partial charge in [0.2, 0.25) is 0 Å². The highest BCUT2D eigenvalue weighted by Gasteiger charge is 2.16. The largest absolute Gasteiger partial charge is 0.319 e. The molecule has 0 aliphatic carbocycles. The van der Waals surface area contributed by atoms with Gasteiger partial charge in [-0.2, -0.15) is 0 Å². The number of benzene rings is 2. The smallest absolute Gasteiger partial charge is 0.296 e. The Morgan fingerprint density at radius 1 is 0.909 bits per heavy atom. The van der Waals surface area contributed by atoms with Crippen LogP contribution in [-0.4, -0.2) is 26.4 Å². The Balaban J connectivity index is 2.11. The standard InChI is InChI=1S/C16H15NO4S/c1-11-3-5-12(6-4-11)15(18)16(19)17-13-7-9-14(10-8-13)22(2,20)21/h3-10H,1-2H3,(H,17,19). The maximum atomic E-state index is 12.0. The molecule has 1 N–H and O–H groups in total. The molecule has 0 heterocycles. The molecule has 22 heavy (non-hydrogen) atoms. The first-order valence-corrected chi connectivity index (χ1v) is 8.39. The molecule has 0 saturated carbocycles. The Bertz CT molecular complexity index is 806. The van der Waals surface area contributed by atoms with Crippen LogP contribution in [0.2, 0.25) is 0 Å². The quantitative estimate of drug-likeness (QED) is 0.692. The van der Waals surface area contributed by atoms with E-state index >= 15 is 0 Å². The van der Waals surface area contributed by atoms with Crippen molar-refractivity contribution >= 4 is 27.2 Å². The Morgan fingerprint density at radius 3 is 1.95 bits per heavy atom. The third kappa shape index (κ3) is 3.79. The fraction of sp³-hybridized carbons (Fsp3) is 0.125. The summed E-state index contributed by atoms with van der Waals surface area (Å²) in [4.78, 5) is 24.0. The Morgan fingerprint density at radius 2 is 1.45 bits per heavy atom. The molecule has 2 aromatic carbocycles. The van der Waals surface area contributed by atoms with Crippen molar-refractivity contribution in [3.63, 3.8) is 0 Å². The van der Waals surface area contributed by atoms with Crippen LogP contribution in [0.4, 0.5) is 5.69 Å². The van der Waals surface area contributed by atoms with E-state index in [9.17, 15) is 18.0 Å². The van der Waals surface area contributed by atoms with Crippen molar-refractivity contribution in [3.8, 4) is 0 Å². The number of nitrogens with one attached hydrogen (secondary N) is 1. The number of sulfone groups is 1. The van der Waals surface area contributed by atoms with Gasteiger partial charge in [0.1, 0.15) is 0 Å². The third-order valence-corrected chi connectivity index (χ3v) is 4.19. The van der Waals surface area contributed by atoms with Gasteiger partial charge in [-0.1, -0.05) is 29.8 Å². The molecule has 6 heteroatoms. The van der Waals surface area contributed by atoms with E-state index < -0.39 is 21.5 Å². The minimum absolute atomic E-state index is 0.148. The highest BCUT2D eigenvalue weighted by atomic mass is 32.2. The SMILES string of the molecule is Cc1ccc(C(=O)C(=O)Nc2ccc(S(C)(=O)=O)cc2)cc1. The number of anilines is 1. The summed E-state index contributed by atoms with van der Waals surface area (Å²) in [6.45, 7) is 1.89. The van der Waals surface area contributed by atoms with Gasteiger partial charge < -0.3 is 5.32 Å². The number of ketones is 1. The van der Waals surface area contributed by atoms with Gasteiger partial charge in [0.15, 0.2) is 9.84 Å². The Labute approximate surface area is 128 Å². The van der Waals surface area contributed by atoms with Crippen molar-refractivity contribution in [2.45, 2.75) is 11.8 Å². The van der Waals surface area contributed by atoms with E-state index in [1.807, 2.05) is 6.92 Å². The molecule has 0 spiro atoms. The third-order valence-electron chi connectivity index (χ3n) is 3.06. The van der Waals surface area contributed by atoms with E-state index in [0.717, 1.165) is 11.8 Å². The number of carbonyl (C=O) groups is 2. The predicted molar refractivity (Wildman–Crippen MR) is 83.7 cm³/mol. The number of hydrogen-bond donors (Lipinski definition) is 1. The molecule has 0 aliphatic heterocycles. The van der Waals surface area contributed by atoms with Gasteiger partial charge in [0.05, 0.1) is 4.90 Å². The van der Waals surface area contributed by atoms with Crippen LogP contribution in [0.1, 0.15) is 15.9 Å². The van der Waals surface area contributed by atoms with Crippen LogP contribution in [0.25, 0.3) is 0 Å². The van der Waals surface area contributed by atoms with Crippen LogP contribution >= 0.6 is 0 Å². The normalized spacial score (nSPS) is 11.0. The molecule has 0 fully saturated rings. The fourth-order valence-corrected chi connectivity index (χ4v) is 2.44. The van der Waals surface area contributed by atoms with Crippen molar-refractivity contribution in [1.29, 1.82) is 0 Å². The molecular weight excluding hydrogens is 302 g/mol. The molecule has 2 aromatic rings.